The first kappa shape index (κ1) is 15.7. The van der Waals surface area contributed by atoms with Crippen molar-refractivity contribution in [2.45, 2.75) is 59.0 Å². The van der Waals surface area contributed by atoms with E-state index in [1.54, 1.807) is 13.8 Å². The Hall–Kier alpha value is -1.26. The van der Waals surface area contributed by atoms with Crippen molar-refractivity contribution in [2.24, 2.45) is 5.92 Å². The highest BCUT2D eigenvalue weighted by molar-refractivity contribution is 5.77. The van der Waals surface area contributed by atoms with Gasteiger partial charge in [0.1, 0.15) is 0 Å². The number of urea groups is 1. The van der Waals surface area contributed by atoms with E-state index in [4.69, 9.17) is 5.11 Å². The van der Waals surface area contributed by atoms with Crippen LogP contribution in [0, 0.1) is 5.92 Å². The molecule has 0 rings (SSSR count). The highest BCUT2D eigenvalue weighted by Crippen LogP contribution is 2.10. The van der Waals surface area contributed by atoms with Crippen molar-refractivity contribution in [1.82, 2.24) is 10.6 Å². The van der Waals surface area contributed by atoms with Gasteiger partial charge in [-0.2, -0.15) is 0 Å². The fraction of sp³-hybridized carbons (Fsp3) is 0.833. The number of carbonyl (C=O) groups is 2. The van der Waals surface area contributed by atoms with Crippen molar-refractivity contribution >= 4 is 12.0 Å². The van der Waals surface area contributed by atoms with E-state index in [2.05, 4.69) is 17.6 Å². The Morgan fingerprint density at radius 3 is 2.24 bits per heavy atom. The van der Waals surface area contributed by atoms with Gasteiger partial charge in [-0.05, 0) is 34.1 Å². The van der Waals surface area contributed by atoms with Gasteiger partial charge in [0.25, 0.3) is 0 Å². The summed E-state index contributed by atoms with van der Waals surface area (Å²) in [6, 6.07) is -0.714. The van der Waals surface area contributed by atoms with Crippen LogP contribution in [0.1, 0.15) is 47.5 Å². The molecular formula is C12H24N2O3. The van der Waals surface area contributed by atoms with Gasteiger partial charge in [-0.15, -0.1) is 0 Å². The summed E-state index contributed by atoms with van der Waals surface area (Å²) < 4.78 is 0. The quantitative estimate of drug-likeness (QED) is 0.668. The molecule has 0 bridgehead atoms. The van der Waals surface area contributed by atoms with Crippen molar-refractivity contribution < 1.29 is 14.7 Å². The number of hydrogen-bond acceptors (Lipinski definition) is 2. The summed E-state index contributed by atoms with van der Waals surface area (Å²) in [6.45, 7) is 9.20. The van der Waals surface area contributed by atoms with E-state index in [1.165, 1.54) is 0 Å². The van der Waals surface area contributed by atoms with Crippen LogP contribution in [0.25, 0.3) is 0 Å². The lowest BCUT2D eigenvalue weighted by molar-refractivity contribution is -0.141. The van der Waals surface area contributed by atoms with Crippen LogP contribution < -0.4 is 10.6 Å². The molecule has 0 aromatic rings. The van der Waals surface area contributed by atoms with Crippen LogP contribution in [-0.2, 0) is 4.79 Å². The Balaban J connectivity index is 4.23. The average molecular weight is 244 g/mol. The van der Waals surface area contributed by atoms with E-state index < -0.39 is 17.9 Å². The third-order valence-electron chi connectivity index (χ3n) is 2.83. The number of carboxylic acids is 1. The van der Waals surface area contributed by atoms with Gasteiger partial charge >= 0.3 is 12.0 Å². The number of nitrogens with one attached hydrogen (secondary N) is 2. The Labute approximate surface area is 103 Å². The van der Waals surface area contributed by atoms with Crippen LogP contribution in [0.3, 0.4) is 0 Å². The molecule has 0 radical (unpaired) electrons. The molecule has 2 amide bonds. The zero-order chi connectivity index (χ0) is 13.6. The van der Waals surface area contributed by atoms with Gasteiger partial charge < -0.3 is 15.7 Å². The first-order valence-electron chi connectivity index (χ1n) is 6.01. The molecule has 0 fully saturated rings. The predicted octanol–water partition coefficient (Wildman–Crippen LogP) is 1.97. The van der Waals surface area contributed by atoms with Gasteiger partial charge in [0.05, 0.1) is 5.92 Å². The van der Waals surface area contributed by atoms with Crippen LogP contribution in [0.2, 0.25) is 0 Å². The summed E-state index contributed by atoms with van der Waals surface area (Å²) in [5.74, 6) is -1.51. The number of rotatable bonds is 6. The highest BCUT2D eigenvalue weighted by Gasteiger charge is 2.24. The third-order valence-corrected chi connectivity index (χ3v) is 2.83. The second-order valence-corrected chi connectivity index (χ2v) is 5.15. The van der Waals surface area contributed by atoms with E-state index >= 15 is 0 Å². The maximum atomic E-state index is 11.7. The van der Waals surface area contributed by atoms with Crippen LogP contribution in [0.15, 0.2) is 0 Å². The molecule has 2 atom stereocenters. The van der Waals surface area contributed by atoms with E-state index in [9.17, 15) is 9.59 Å². The lowest BCUT2D eigenvalue weighted by Crippen LogP contribution is -2.52. The number of amides is 2. The van der Waals surface area contributed by atoms with Crippen LogP contribution >= 0.6 is 0 Å². The molecule has 0 saturated heterocycles. The van der Waals surface area contributed by atoms with Crippen molar-refractivity contribution in [3.8, 4) is 0 Å². The standard InChI is InChI=1S/C12H24N2O3/c1-6-7-12(4,5)14-11(17)13-9(3)8(2)10(15)16/h8-9H,6-7H2,1-5H3,(H,15,16)(H2,13,14,17). The molecule has 0 saturated carbocycles. The smallest absolute Gasteiger partial charge is 0.315 e. The Morgan fingerprint density at radius 1 is 1.29 bits per heavy atom. The van der Waals surface area contributed by atoms with Gasteiger partial charge in [-0.3, -0.25) is 4.79 Å². The SMILES string of the molecule is CCCC(C)(C)NC(=O)NC(C)C(C)C(=O)O. The molecule has 0 aromatic heterocycles. The number of hydrogen-bond donors (Lipinski definition) is 3. The van der Waals surface area contributed by atoms with Crippen molar-refractivity contribution in [3.05, 3.63) is 0 Å². The van der Waals surface area contributed by atoms with Crippen LogP contribution in [0.5, 0.6) is 0 Å². The minimum absolute atomic E-state index is 0.273. The van der Waals surface area contributed by atoms with E-state index in [0.29, 0.717) is 0 Å². The highest BCUT2D eigenvalue weighted by atomic mass is 16.4. The zero-order valence-electron chi connectivity index (χ0n) is 11.3. The molecule has 0 heterocycles. The van der Waals surface area contributed by atoms with E-state index in [1.807, 2.05) is 13.8 Å². The predicted molar refractivity (Wildman–Crippen MR) is 66.9 cm³/mol. The van der Waals surface area contributed by atoms with Crippen LogP contribution in [-0.4, -0.2) is 28.7 Å². The molecule has 0 spiro atoms. The lowest BCUT2D eigenvalue weighted by atomic mass is 9.99. The first-order chi connectivity index (χ1) is 7.69. The normalized spacial score (nSPS) is 14.9. The number of aliphatic carboxylic acids is 1. The van der Waals surface area contributed by atoms with E-state index in [0.717, 1.165) is 12.8 Å². The van der Waals surface area contributed by atoms with Gasteiger partial charge in [0.2, 0.25) is 0 Å². The summed E-state index contributed by atoms with van der Waals surface area (Å²) in [4.78, 5) is 22.4. The van der Waals surface area contributed by atoms with Crippen molar-refractivity contribution in [2.75, 3.05) is 0 Å². The molecule has 0 aliphatic heterocycles. The van der Waals surface area contributed by atoms with Gasteiger partial charge in [-0.25, -0.2) is 4.79 Å². The van der Waals surface area contributed by atoms with Crippen molar-refractivity contribution in [3.63, 3.8) is 0 Å². The Kier molecular flexibility index (Phi) is 5.99. The number of carboxylic acid groups (broad SMARTS) is 1. The fourth-order valence-electron chi connectivity index (χ4n) is 1.58. The fourth-order valence-corrected chi connectivity index (χ4v) is 1.58. The average Bonchev–Trinajstić information content (AvgIpc) is 2.14. The first-order valence-corrected chi connectivity index (χ1v) is 6.01. The van der Waals surface area contributed by atoms with E-state index in [-0.39, 0.29) is 11.6 Å². The summed E-state index contributed by atoms with van der Waals surface area (Å²) in [7, 11) is 0. The molecule has 5 nitrogen and oxygen atoms in total. The maximum absolute atomic E-state index is 11.7. The zero-order valence-corrected chi connectivity index (χ0v) is 11.3. The molecule has 0 aliphatic rings. The number of carbonyl (C=O) groups excluding carboxylic acids is 1. The molecule has 100 valence electrons. The topological polar surface area (TPSA) is 78.4 Å². The summed E-state index contributed by atoms with van der Waals surface area (Å²) >= 11 is 0. The summed E-state index contributed by atoms with van der Waals surface area (Å²) in [6.07, 6.45) is 1.86. The minimum Gasteiger partial charge on any atom is -0.481 e. The molecule has 0 aliphatic carbocycles. The van der Waals surface area contributed by atoms with Gasteiger partial charge in [0, 0.05) is 11.6 Å². The Morgan fingerprint density at radius 2 is 1.82 bits per heavy atom. The third kappa shape index (κ3) is 6.14. The minimum atomic E-state index is -0.911. The monoisotopic (exact) mass is 244 g/mol. The van der Waals surface area contributed by atoms with Gasteiger partial charge in [0.15, 0.2) is 0 Å². The molecule has 17 heavy (non-hydrogen) atoms. The lowest BCUT2D eigenvalue weighted by Gasteiger charge is -2.27. The largest absolute Gasteiger partial charge is 0.481 e. The second-order valence-electron chi connectivity index (χ2n) is 5.15. The van der Waals surface area contributed by atoms with Gasteiger partial charge in [-0.1, -0.05) is 13.3 Å². The molecule has 3 N–H and O–H groups in total. The molecule has 0 aromatic carbocycles. The summed E-state index contributed by atoms with van der Waals surface area (Å²) in [5, 5.41) is 14.3. The second kappa shape index (κ2) is 6.47. The molecule has 2 unspecified atom stereocenters. The Bertz CT molecular complexity index is 277. The van der Waals surface area contributed by atoms with Crippen molar-refractivity contribution in [1.29, 1.82) is 0 Å². The molecular weight excluding hydrogens is 220 g/mol. The molecule has 5 heteroatoms. The van der Waals surface area contributed by atoms with Crippen LogP contribution in [0.4, 0.5) is 4.79 Å². The summed E-state index contributed by atoms with van der Waals surface area (Å²) in [5.41, 5.74) is -0.273. The maximum Gasteiger partial charge on any atom is 0.315 e.